The molecule has 164 valence electrons. The van der Waals surface area contributed by atoms with Gasteiger partial charge in [-0.25, -0.2) is 4.68 Å². The zero-order valence-electron chi connectivity index (χ0n) is 18.7. The summed E-state index contributed by atoms with van der Waals surface area (Å²) in [7, 11) is 0. The lowest BCUT2D eigenvalue weighted by atomic mass is 10.1. The zero-order chi connectivity index (χ0) is 23.1. The number of amides is 1. The number of hydrogen-bond acceptors (Lipinski definition) is 3. The van der Waals surface area contributed by atoms with Crippen LogP contribution < -0.4 is 10.9 Å². The summed E-state index contributed by atoms with van der Waals surface area (Å²) in [4.78, 5) is 30.5. The first-order valence-corrected chi connectivity index (χ1v) is 10.9. The van der Waals surface area contributed by atoms with Crippen LogP contribution in [0.4, 0.5) is 0 Å². The summed E-state index contributed by atoms with van der Waals surface area (Å²) < 4.78 is 1.53. The van der Waals surface area contributed by atoms with Crippen LogP contribution in [0.2, 0.25) is 0 Å². The number of aromatic nitrogens is 3. The van der Waals surface area contributed by atoms with Crippen molar-refractivity contribution in [3.63, 3.8) is 0 Å². The summed E-state index contributed by atoms with van der Waals surface area (Å²) in [6, 6.07) is 20.9. The molecule has 0 bridgehead atoms. The van der Waals surface area contributed by atoms with Gasteiger partial charge in [0, 0.05) is 17.1 Å². The average Bonchev–Trinajstić information content (AvgIpc) is 3.18. The van der Waals surface area contributed by atoms with Crippen LogP contribution in [-0.2, 0) is 0 Å². The largest absolute Gasteiger partial charge is 0.346 e. The van der Waals surface area contributed by atoms with Crippen LogP contribution in [0.5, 0.6) is 0 Å². The van der Waals surface area contributed by atoms with E-state index in [0.29, 0.717) is 22.0 Å². The van der Waals surface area contributed by atoms with Crippen LogP contribution in [0.25, 0.3) is 27.5 Å². The maximum atomic E-state index is 13.1. The average molecular weight is 437 g/mol. The summed E-state index contributed by atoms with van der Waals surface area (Å²) in [5.74, 6) is -0.179. The summed E-state index contributed by atoms with van der Waals surface area (Å²) in [5, 5.41) is 7.49. The molecule has 1 amide bonds. The Balaban J connectivity index is 1.57. The third kappa shape index (κ3) is 3.69. The molecule has 2 N–H and O–H groups in total. The molecule has 0 spiro atoms. The Labute approximate surface area is 190 Å². The Morgan fingerprint density at radius 1 is 0.970 bits per heavy atom. The van der Waals surface area contributed by atoms with Gasteiger partial charge in [0.1, 0.15) is 0 Å². The van der Waals surface area contributed by atoms with Gasteiger partial charge in [-0.1, -0.05) is 36.4 Å². The number of benzene rings is 3. The highest BCUT2D eigenvalue weighted by atomic mass is 16.1. The minimum Gasteiger partial charge on any atom is -0.346 e. The van der Waals surface area contributed by atoms with Crippen molar-refractivity contribution in [1.82, 2.24) is 20.1 Å². The number of carbonyl (C=O) groups is 1. The number of carbonyl (C=O) groups excluding carboxylic acids is 1. The van der Waals surface area contributed by atoms with Crippen LogP contribution in [0, 0.1) is 13.8 Å². The fourth-order valence-corrected chi connectivity index (χ4v) is 4.05. The molecule has 5 aromatic rings. The molecule has 2 heterocycles. The smallest absolute Gasteiger partial charge is 0.280 e. The second-order valence-corrected chi connectivity index (χ2v) is 8.41. The summed E-state index contributed by atoms with van der Waals surface area (Å²) in [6.45, 7) is 6.01. The van der Waals surface area contributed by atoms with Crippen molar-refractivity contribution < 1.29 is 4.79 Å². The molecule has 0 aliphatic rings. The Hall–Kier alpha value is -4.19. The summed E-state index contributed by atoms with van der Waals surface area (Å²) in [6.07, 6.45) is 1.59. The molecule has 6 heteroatoms. The molecule has 33 heavy (non-hydrogen) atoms. The van der Waals surface area contributed by atoms with Gasteiger partial charge < -0.3 is 5.32 Å². The number of H-pyrrole nitrogens is 1. The molecule has 0 saturated carbocycles. The maximum Gasteiger partial charge on any atom is 0.280 e. The Morgan fingerprint density at radius 3 is 2.52 bits per heavy atom. The second kappa shape index (κ2) is 8.06. The molecule has 0 aliphatic heterocycles. The van der Waals surface area contributed by atoms with E-state index in [1.54, 1.807) is 18.3 Å². The van der Waals surface area contributed by atoms with E-state index in [1.165, 1.54) is 4.68 Å². The van der Waals surface area contributed by atoms with Crippen LogP contribution >= 0.6 is 0 Å². The molecular formula is C27H24N4O2. The minimum absolute atomic E-state index is 0.131. The highest BCUT2D eigenvalue weighted by molar-refractivity contribution is 6.06. The maximum absolute atomic E-state index is 13.1. The lowest BCUT2D eigenvalue weighted by Gasteiger charge is -2.14. The first-order chi connectivity index (χ1) is 15.9. The zero-order valence-corrected chi connectivity index (χ0v) is 18.7. The van der Waals surface area contributed by atoms with Gasteiger partial charge in [-0.05, 0) is 67.8 Å². The van der Waals surface area contributed by atoms with E-state index in [1.807, 2.05) is 75.4 Å². The molecular weight excluding hydrogens is 412 g/mol. The van der Waals surface area contributed by atoms with Crippen LogP contribution in [0.1, 0.15) is 40.0 Å². The lowest BCUT2D eigenvalue weighted by molar-refractivity contribution is 0.0940. The van der Waals surface area contributed by atoms with Crippen molar-refractivity contribution in [3.8, 4) is 5.69 Å². The molecule has 3 aromatic carbocycles. The third-order valence-electron chi connectivity index (χ3n) is 6.18. The minimum atomic E-state index is -0.179. The van der Waals surface area contributed by atoms with E-state index in [4.69, 9.17) is 0 Å². The third-order valence-corrected chi connectivity index (χ3v) is 6.18. The van der Waals surface area contributed by atoms with Gasteiger partial charge in [-0.2, -0.15) is 0 Å². The highest BCUT2D eigenvalue weighted by Gasteiger charge is 2.16. The van der Waals surface area contributed by atoms with Crippen molar-refractivity contribution >= 4 is 27.7 Å². The number of rotatable bonds is 4. The molecule has 0 unspecified atom stereocenters. The van der Waals surface area contributed by atoms with E-state index in [9.17, 15) is 9.59 Å². The van der Waals surface area contributed by atoms with Crippen molar-refractivity contribution in [2.75, 3.05) is 0 Å². The molecule has 1 atom stereocenters. The summed E-state index contributed by atoms with van der Waals surface area (Å²) >= 11 is 0. The van der Waals surface area contributed by atoms with Crippen molar-refractivity contribution in [2.45, 2.75) is 26.8 Å². The van der Waals surface area contributed by atoms with Crippen LogP contribution in [0.3, 0.4) is 0 Å². The molecule has 2 aromatic heterocycles. The Kier molecular flexibility index (Phi) is 5.05. The topological polar surface area (TPSA) is 79.8 Å². The van der Waals surface area contributed by atoms with Crippen LogP contribution in [-0.4, -0.2) is 20.7 Å². The van der Waals surface area contributed by atoms with E-state index in [2.05, 4.69) is 15.4 Å². The normalized spacial score (nSPS) is 12.2. The predicted octanol–water partition coefficient (Wildman–Crippen LogP) is 4.97. The SMILES string of the molecule is Cc1ccc(-n2[nH]c3c(cnc4ccc(C(=O)N[C@H](C)c5ccccc5)cc43)c2=O)cc1C. The second-order valence-electron chi connectivity index (χ2n) is 8.41. The van der Waals surface area contributed by atoms with Gasteiger partial charge in [0.15, 0.2) is 0 Å². The van der Waals surface area contributed by atoms with Crippen molar-refractivity contribution in [3.05, 3.63) is 106 Å². The fourth-order valence-electron chi connectivity index (χ4n) is 4.05. The van der Waals surface area contributed by atoms with Gasteiger partial charge in [-0.3, -0.25) is 19.7 Å². The number of nitrogens with zero attached hydrogens (tertiary/aromatic N) is 2. The van der Waals surface area contributed by atoms with Crippen LogP contribution in [0.15, 0.2) is 77.7 Å². The molecule has 0 aliphatic carbocycles. The predicted molar refractivity (Wildman–Crippen MR) is 131 cm³/mol. The van der Waals surface area contributed by atoms with Gasteiger partial charge in [-0.15, -0.1) is 0 Å². The van der Waals surface area contributed by atoms with Crippen molar-refractivity contribution in [1.29, 1.82) is 0 Å². The fraction of sp³-hybridized carbons (Fsp3) is 0.148. The Morgan fingerprint density at radius 2 is 1.76 bits per heavy atom. The molecule has 6 nitrogen and oxygen atoms in total. The van der Waals surface area contributed by atoms with E-state index < -0.39 is 0 Å². The highest BCUT2D eigenvalue weighted by Crippen LogP contribution is 2.23. The standard InChI is InChI=1S/C27H24N4O2/c1-16-9-11-21(13-17(16)2)31-27(33)23-15-28-24-12-10-20(14-22(24)25(23)30-31)26(32)29-18(3)19-7-5-4-6-8-19/h4-15,18,30H,1-3H3,(H,29,32)/t18-/m1/s1. The first kappa shape index (κ1) is 20.7. The molecule has 0 saturated heterocycles. The quantitative estimate of drug-likeness (QED) is 0.417. The monoisotopic (exact) mass is 436 g/mol. The number of hydrogen-bond donors (Lipinski definition) is 2. The summed E-state index contributed by atoms with van der Waals surface area (Å²) in [5.41, 5.74) is 5.78. The number of fused-ring (bicyclic) bond motifs is 3. The molecule has 0 fully saturated rings. The lowest BCUT2D eigenvalue weighted by Crippen LogP contribution is -2.26. The number of aromatic amines is 1. The van der Waals surface area contributed by atoms with Crippen molar-refractivity contribution in [2.24, 2.45) is 0 Å². The van der Waals surface area contributed by atoms with E-state index in [-0.39, 0.29) is 17.5 Å². The first-order valence-electron chi connectivity index (χ1n) is 10.9. The van der Waals surface area contributed by atoms with E-state index >= 15 is 0 Å². The molecule has 5 rings (SSSR count). The van der Waals surface area contributed by atoms with Gasteiger partial charge in [0.25, 0.3) is 11.5 Å². The molecule has 0 radical (unpaired) electrons. The van der Waals surface area contributed by atoms with Gasteiger partial charge in [0.05, 0.1) is 28.1 Å². The number of pyridine rings is 1. The van der Waals surface area contributed by atoms with Gasteiger partial charge >= 0.3 is 0 Å². The Bertz CT molecular complexity index is 1560. The van der Waals surface area contributed by atoms with E-state index in [0.717, 1.165) is 27.8 Å². The number of nitrogens with one attached hydrogen (secondary N) is 2. The van der Waals surface area contributed by atoms with Gasteiger partial charge in [0.2, 0.25) is 0 Å². The number of aryl methyl sites for hydroxylation is 2.